The van der Waals surface area contributed by atoms with Crippen molar-refractivity contribution in [1.29, 1.82) is 0 Å². The molecule has 20 heavy (non-hydrogen) atoms. The normalized spacial score (nSPS) is 13.1. The zero-order valence-corrected chi connectivity index (χ0v) is 12.9. The van der Waals surface area contributed by atoms with Gasteiger partial charge in [-0.25, -0.2) is 4.79 Å². The molecule has 0 fully saturated rings. The number of hydrogen-bond acceptors (Lipinski definition) is 4. The largest absolute Gasteiger partial charge is 0.544 e. The van der Waals surface area contributed by atoms with E-state index in [1.165, 1.54) is 26.0 Å². The Kier molecular flexibility index (Phi) is 5.43. The number of halogens is 3. The van der Waals surface area contributed by atoms with E-state index < -0.39 is 29.9 Å². The van der Waals surface area contributed by atoms with Gasteiger partial charge in [-0.15, -0.1) is 0 Å². The van der Waals surface area contributed by atoms with E-state index in [0.717, 1.165) is 3.57 Å². The van der Waals surface area contributed by atoms with E-state index in [4.69, 9.17) is 0 Å². The maximum Gasteiger partial charge on any atom is 0.338 e. The first-order valence-electron chi connectivity index (χ1n) is 5.72. The smallest absolute Gasteiger partial charge is 0.338 e. The Labute approximate surface area is 128 Å². The SMILES string of the molecule is CC(C)C(OC(=O)c1cccc(I)c1)C(F)(F)C(=O)[O-]. The average Bonchev–Trinajstić information content (AvgIpc) is 2.34. The number of aliphatic carboxylic acids is 1. The zero-order chi connectivity index (χ0) is 15.5. The number of carbonyl (C=O) groups is 2. The van der Waals surface area contributed by atoms with Crippen LogP contribution in [-0.2, 0) is 9.53 Å². The molecule has 0 aliphatic carbocycles. The van der Waals surface area contributed by atoms with Crippen molar-refractivity contribution in [1.82, 2.24) is 0 Å². The molecule has 0 N–H and O–H groups in total. The Morgan fingerprint density at radius 3 is 2.40 bits per heavy atom. The minimum Gasteiger partial charge on any atom is -0.544 e. The van der Waals surface area contributed by atoms with Crippen LogP contribution in [0.1, 0.15) is 24.2 Å². The van der Waals surface area contributed by atoms with Crippen molar-refractivity contribution in [3.63, 3.8) is 0 Å². The van der Waals surface area contributed by atoms with Crippen LogP contribution in [0.5, 0.6) is 0 Å². The van der Waals surface area contributed by atoms with Gasteiger partial charge in [0.2, 0.25) is 0 Å². The lowest BCUT2D eigenvalue weighted by molar-refractivity contribution is -0.337. The quantitative estimate of drug-likeness (QED) is 0.562. The van der Waals surface area contributed by atoms with Crippen LogP contribution in [0.4, 0.5) is 8.78 Å². The minimum atomic E-state index is -4.24. The summed E-state index contributed by atoms with van der Waals surface area (Å²) in [6.45, 7) is 2.67. The summed E-state index contributed by atoms with van der Waals surface area (Å²) in [6, 6.07) is 6.14. The molecule has 0 heterocycles. The third-order valence-corrected chi connectivity index (χ3v) is 3.20. The molecule has 0 radical (unpaired) electrons. The van der Waals surface area contributed by atoms with E-state index in [1.807, 2.05) is 22.6 Å². The van der Waals surface area contributed by atoms with Gasteiger partial charge in [-0.2, -0.15) is 8.78 Å². The number of alkyl halides is 2. The van der Waals surface area contributed by atoms with Gasteiger partial charge in [0.15, 0.2) is 6.10 Å². The molecule has 7 heteroatoms. The topological polar surface area (TPSA) is 66.4 Å². The number of carboxylic acid groups (broad SMARTS) is 1. The fraction of sp³-hybridized carbons (Fsp3) is 0.385. The summed E-state index contributed by atoms with van der Waals surface area (Å²) in [6.07, 6.45) is -2.09. The van der Waals surface area contributed by atoms with Crippen LogP contribution < -0.4 is 5.11 Å². The molecule has 1 unspecified atom stereocenters. The fourth-order valence-corrected chi connectivity index (χ4v) is 2.09. The van der Waals surface area contributed by atoms with E-state index in [9.17, 15) is 23.5 Å². The number of carbonyl (C=O) groups excluding carboxylic acids is 2. The molecule has 1 atom stereocenters. The van der Waals surface area contributed by atoms with E-state index in [0.29, 0.717) is 0 Å². The van der Waals surface area contributed by atoms with Crippen LogP contribution in [0.2, 0.25) is 0 Å². The van der Waals surface area contributed by atoms with E-state index in [-0.39, 0.29) is 5.56 Å². The highest BCUT2D eigenvalue weighted by atomic mass is 127. The number of esters is 1. The van der Waals surface area contributed by atoms with Crippen LogP contribution in [0.3, 0.4) is 0 Å². The van der Waals surface area contributed by atoms with Gasteiger partial charge < -0.3 is 14.6 Å². The van der Waals surface area contributed by atoms with Gasteiger partial charge in [-0.1, -0.05) is 19.9 Å². The van der Waals surface area contributed by atoms with E-state index >= 15 is 0 Å². The van der Waals surface area contributed by atoms with Gasteiger partial charge in [0.25, 0.3) is 0 Å². The van der Waals surface area contributed by atoms with Crippen LogP contribution in [0, 0.1) is 9.49 Å². The molecule has 0 bridgehead atoms. The molecule has 4 nitrogen and oxygen atoms in total. The summed E-state index contributed by atoms with van der Waals surface area (Å²) in [4.78, 5) is 22.3. The molecule has 0 spiro atoms. The second-order valence-electron chi connectivity index (χ2n) is 4.49. The number of hydrogen-bond donors (Lipinski definition) is 0. The molecule has 0 amide bonds. The Hall–Kier alpha value is -1.25. The molecule has 110 valence electrons. The van der Waals surface area contributed by atoms with Crippen LogP contribution in [-0.4, -0.2) is 24.0 Å². The lowest BCUT2D eigenvalue weighted by atomic mass is 10.0. The molecule has 0 aromatic heterocycles. The highest BCUT2D eigenvalue weighted by Gasteiger charge is 2.46. The van der Waals surface area contributed by atoms with Gasteiger partial charge in [0, 0.05) is 3.57 Å². The Morgan fingerprint density at radius 2 is 1.95 bits per heavy atom. The van der Waals surface area contributed by atoms with Gasteiger partial charge in [0.05, 0.1) is 5.56 Å². The summed E-state index contributed by atoms with van der Waals surface area (Å²) in [7, 11) is 0. The predicted molar refractivity (Wildman–Crippen MR) is 73.2 cm³/mol. The summed E-state index contributed by atoms with van der Waals surface area (Å²) >= 11 is 1.95. The summed E-state index contributed by atoms with van der Waals surface area (Å²) in [5, 5.41) is 10.5. The van der Waals surface area contributed by atoms with Crippen LogP contribution in [0.15, 0.2) is 24.3 Å². The molecular weight excluding hydrogens is 385 g/mol. The molecule has 1 aromatic rings. The molecule has 0 saturated heterocycles. The third-order valence-electron chi connectivity index (χ3n) is 2.53. The Bertz CT molecular complexity index is 517. The fourth-order valence-electron chi connectivity index (χ4n) is 1.54. The molecular formula is C13H12F2IO4-. The Balaban J connectivity index is 2.98. The summed E-state index contributed by atoms with van der Waals surface area (Å²) < 4.78 is 32.3. The molecule has 0 saturated carbocycles. The van der Waals surface area contributed by atoms with E-state index in [2.05, 4.69) is 4.74 Å². The van der Waals surface area contributed by atoms with Crippen molar-refractivity contribution in [2.24, 2.45) is 5.92 Å². The van der Waals surface area contributed by atoms with Crippen LogP contribution in [0.25, 0.3) is 0 Å². The van der Waals surface area contributed by atoms with Crippen molar-refractivity contribution in [3.8, 4) is 0 Å². The van der Waals surface area contributed by atoms with Gasteiger partial charge >= 0.3 is 11.9 Å². The highest BCUT2D eigenvalue weighted by Crippen LogP contribution is 2.27. The summed E-state index contributed by atoms with van der Waals surface area (Å²) in [5.74, 6) is -8.68. The molecule has 0 aliphatic rings. The number of benzene rings is 1. The first kappa shape index (κ1) is 16.8. The molecule has 1 aromatic carbocycles. The highest BCUT2D eigenvalue weighted by molar-refractivity contribution is 14.1. The predicted octanol–water partition coefficient (Wildman–Crippen LogP) is 1.86. The van der Waals surface area contributed by atoms with Crippen molar-refractivity contribution in [2.75, 3.05) is 0 Å². The minimum absolute atomic E-state index is 0.0803. The number of ether oxygens (including phenoxy) is 1. The monoisotopic (exact) mass is 397 g/mol. The van der Waals surface area contributed by atoms with E-state index in [1.54, 1.807) is 12.1 Å². The average molecular weight is 397 g/mol. The second kappa shape index (κ2) is 6.47. The number of rotatable bonds is 5. The van der Waals surface area contributed by atoms with Crippen molar-refractivity contribution in [3.05, 3.63) is 33.4 Å². The van der Waals surface area contributed by atoms with Crippen molar-refractivity contribution < 1.29 is 28.2 Å². The standard InChI is InChI=1S/C13H13F2IO4/c1-7(2)10(13(14,15)12(18)19)20-11(17)8-4-3-5-9(16)6-8/h3-7,10H,1-2H3,(H,18,19)/p-1. The van der Waals surface area contributed by atoms with Crippen molar-refractivity contribution >= 4 is 34.5 Å². The van der Waals surface area contributed by atoms with Gasteiger partial charge in [-0.05, 0) is 46.7 Å². The number of carboxylic acids is 1. The van der Waals surface area contributed by atoms with Gasteiger partial charge in [-0.3, -0.25) is 0 Å². The Morgan fingerprint density at radius 1 is 1.35 bits per heavy atom. The first-order valence-corrected chi connectivity index (χ1v) is 6.80. The maximum absolute atomic E-state index is 13.5. The first-order chi connectivity index (χ1) is 9.16. The molecule has 1 rings (SSSR count). The maximum atomic E-state index is 13.5. The van der Waals surface area contributed by atoms with Crippen molar-refractivity contribution in [2.45, 2.75) is 25.9 Å². The third kappa shape index (κ3) is 3.87. The van der Waals surface area contributed by atoms with Crippen LogP contribution >= 0.6 is 22.6 Å². The second-order valence-corrected chi connectivity index (χ2v) is 5.74. The van der Waals surface area contributed by atoms with Gasteiger partial charge in [0.1, 0.15) is 5.97 Å². The molecule has 0 aliphatic heterocycles. The zero-order valence-electron chi connectivity index (χ0n) is 10.7. The lowest BCUT2D eigenvalue weighted by Crippen LogP contribution is -2.53. The summed E-state index contributed by atoms with van der Waals surface area (Å²) in [5.41, 5.74) is 0.0803. The lowest BCUT2D eigenvalue weighted by Gasteiger charge is -2.30.